The highest BCUT2D eigenvalue weighted by molar-refractivity contribution is 7.89. The first-order valence-corrected chi connectivity index (χ1v) is 10.0. The molecule has 1 N–H and O–H groups in total. The summed E-state index contributed by atoms with van der Waals surface area (Å²) in [6, 6.07) is 14.8. The van der Waals surface area contributed by atoms with Crippen LogP contribution >= 0.6 is 0 Å². The molecule has 1 aliphatic carbocycles. The predicted molar refractivity (Wildman–Crippen MR) is 106 cm³/mol. The van der Waals surface area contributed by atoms with Crippen LogP contribution < -0.4 is 4.83 Å². The van der Waals surface area contributed by atoms with E-state index in [1.807, 2.05) is 37.3 Å². The van der Waals surface area contributed by atoms with Gasteiger partial charge in [-0.3, -0.25) is 0 Å². The summed E-state index contributed by atoms with van der Waals surface area (Å²) < 4.78 is 24.9. The van der Waals surface area contributed by atoms with Gasteiger partial charge < -0.3 is 0 Å². The second kappa shape index (κ2) is 7.70. The second-order valence-electron chi connectivity index (χ2n) is 6.36. The van der Waals surface area contributed by atoms with Crippen molar-refractivity contribution in [2.24, 2.45) is 5.10 Å². The van der Waals surface area contributed by atoms with Gasteiger partial charge in [-0.2, -0.15) is 18.4 Å². The van der Waals surface area contributed by atoms with Gasteiger partial charge in [0.05, 0.1) is 10.6 Å². The molecule has 0 bridgehead atoms. The molecule has 0 saturated heterocycles. The Morgan fingerprint density at radius 2 is 1.77 bits per heavy atom. The van der Waals surface area contributed by atoms with Crippen molar-refractivity contribution in [1.29, 1.82) is 0 Å². The van der Waals surface area contributed by atoms with Crippen molar-refractivity contribution < 1.29 is 8.42 Å². The maximum absolute atomic E-state index is 12.4. The molecule has 0 amide bonds. The standard InChI is InChI=1S/C21H22N2O2S/c1-16-11-13-20(14-12-16)26(24,25)23-22-21-10-6-5-9-19(21)15-18-8-4-3-7-17(18)2/h3-5,7-9,11-15,23H,6,10H2,1-2H3/b19-15+,22-21+. The summed E-state index contributed by atoms with van der Waals surface area (Å²) in [6.45, 7) is 3.97. The second-order valence-corrected chi connectivity index (χ2v) is 8.02. The molecule has 3 rings (SSSR count). The molecule has 0 radical (unpaired) electrons. The van der Waals surface area contributed by atoms with E-state index in [4.69, 9.17) is 0 Å². The van der Waals surface area contributed by atoms with Gasteiger partial charge in [0.1, 0.15) is 0 Å². The molecule has 0 aliphatic heterocycles. The average Bonchev–Trinajstić information content (AvgIpc) is 2.63. The number of hydrazone groups is 1. The Hall–Kier alpha value is -2.66. The zero-order chi connectivity index (χ0) is 18.6. The van der Waals surface area contributed by atoms with Crippen LogP contribution in [0.25, 0.3) is 6.08 Å². The van der Waals surface area contributed by atoms with Gasteiger partial charge in [-0.1, -0.05) is 54.1 Å². The van der Waals surface area contributed by atoms with Gasteiger partial charge in [0.2, 0.25) is 0 Å². The normalized spacial score (nSPS) is 17.6. The monoisotopic (exact) mass is 366 g/mol. The molecule has 26 heavy (non-hydrogen) atoms. The number of aryl methyl sites for hydroxylation is 2. The fraction of sp³-hybridized carbons (Fsp3) is 0.190. The van der Waals surface area contributed by atoms with E-state index in [1.54, 1.807) is 24.3 Å². The van der Waals surface area contributed by atoms with Crippen LogP contribution in [0.3, 0.4) is 0 Å². The number of nitrogens with one attached hydrogen (secondary N) is 1. The molecule has 1 aliphatic rings. The first kappa shape index (κ1) is 18.1. The number of sulfonamides is 1. The van der Waals surface area contributed by atoms with E-state index in [9.17, 15) is 8.42 Å². The van der Waals surface area contributed by atoms with E-state index in [0.29, 0.717) is 6.42 Å². The van der Waals surface area contributed by atoms with Gasteiger partial charge in [0, 0.05) is 0 Å². The Bertz CT molecular complexity index is 985. The third kappa shape index (κ3) is 4.29. The molecule has 2 aromatic carbocycles. The third-order valence-corrected chi connectivity index (χ3v) is 5.53. The van der Waals surface area contributed by atoms with Crippen molar-refractivity contribution in [3.63, 3.8) is 0 Å². The highest BCUT2D eigenvalue weighted by atomic mass is 32.2. The van der Waals surface area contributed by atoms with Crippen molar-refractivity contribution in [1.82, 2.24) is 4.83 Å². The highest BCUT2D eigenvalue weighted by Gasteiger charge is 2.15. The molecule has 134 valence electrons. The number of allylic oxidation sites excluding steroid dienone is 3. The van der Waals surface area contributed by atoms with E-state index in [-0.39, 0.29) is 4.90 Å². The maximum Gasteiger partial charge on any atom is 0.276 e. The van der Waals surface area contributed by atoms with E-state index in [2.05, 4.69) is 29.0 Å². The molecular formula is C21H22N2O2S. The van der Waals surface area contributed by atoms with Crippen LogP contribution in [0.15, 0.2) is 76.3 Å². The minimum absolute atomic E-state index is 0.211. The van der Waals surface area contributed by atoms with Crippen LogP contribution in [-0.2, 0) is 10.0 Å². The first-order valence-electron chi connectivity index (χ1n) is 8.55. The van der Waals surface area contributed by atoms with Crippen molar-refractivity contribution in [3.8, 4) is 0 Å². The molecule has 0 saturated carbocycles. The van der Waals surface area contributed by atoms with Crippen LogP contribution in [-0.4, -0.2) is 14.1 Å². The summed E-state index contributed by atoms with van der Waals surface area (Å²) in [5, 5.41) is 4.22. The molecule has 4 nitrogen and oxygen atoms in total. The van der Waals surface area contributed by atoms with E-state index in [1.165, 1.54) is 5.56 Å². The quantitative estimate of drug-likeness (QED) is 0.817. The molecule has 0 unspecified atom stereocenters. The molecule has 0 atom stereocenters. The Kier molecular flexibility index (Phi) is 5.38. The van der Waals surface area contributed by atoms with Crippen molar-refractivity contribution >= 4 is 21.8 Å². The topological polar surface area (TPSA) is 58.5 Å². The summed E-state index contributed by atoms with van der Waals surface area (Å²) in [5.41, 5.74) is 4.95. The van der Waals surface area contributed by atoms with Crippen LogP contribution in [0.4, 0.5) is 0 Å². The Balaban J connectivity index is 1.88. The fourth-order valence-corrected chi connectivity index (χ4v) is 3.55. The predicted octanol–water partition coefficient (Wildman–Crippen LogP) is 4.37. The number of hydrogen-bond donors (Lipinski definition) is 1. The van der Waals surface area contributed by atoms with Crippen LogP contribution in [0.1, 0.15) is 29.5 Å². The van der Waals surface area contributed by atoms with E-state index in [0.717, 1.165) is 28.8 Å². The molecule has 0 fully saturated rings. The fourth-order valence-electron chi connectivity index (χ4n) is 2.72. The minimum atomic E-state index is -3.67. The van der Waals surface area contributed by atoms with E-state index < -0.39 is 10.0 Å². The Labute approximate surface area is 155 Å². The molecule has 2 aromatic rings. The van der Waals surface area contributed by atoms with Gasteiger partial charge in [-0.15, -0.1) is 0 Å². The molecule has 0 heterocycles. The Morgan fingerprint density at radius 3 is 2.50 bits per heavy atom. The SMILES string of the molecule is Cc1ccc(S(=O)(=O)N/N=C2\CCC=C\C2=C/c2ccccc2C)cc1. The summed E-state index contributed by atoms with van der Waals surface area (Å²) >= 11 is 0. The van der Waals surface area contributed by atoms with Gasteiger partial charge in [-0.05, 0) is 61.6 Å². The number of rotatable bonds is 4. The van der Waals surface area contributed by atoms with Crippen LogP contribution in [0.5, 0.6) is 0 Å². The lowest BCUT2D eigenvalue weighted by molar-refractivity contribution is 0.584. The number of hydrogen-bond acceptors (Lipinski definition) is 3. The summed E-state index contributed by atoms with van der Waals surface area (Å²) in [7, 11) is -3.67. The highest BCUT2D eigenvalue weighted by Crippen LogP contribution is 2.20. The first-order chi connectivity index (χ1) is 12.5. The number of nitrogens with zero attached hydrogens (tertiary/aromatic N) is 1. The number of benzene rings is 2. The summed E-state index contributed by atoms with van der Waals surface area (Å²) in [4.78, 5) is 2.59. The van der Waals surface area contributed by atoms with Gasteiger partial charge in [0.15, 0.2) is 0 Å². The van der Waals surface area contributed by atoms with Gasteiger partial charge >= 0.3 is 0 Å². The van der Waals surface area contributed by atoms with Crippen molar-refractivity contribution in [3.05, 3.63) is 82.9 Å². The smallest absolute Gasteiger partial charge is 0.200 e. The molecule has 0 aromatic heterocycles. The van der Waals surface area contributed by atoms with Gasteiger partial charge in [0.25, 0.3) is 10.0 Å². The van der Waals surface area contributed by atoms with Crippen molar-refractivity contribution in [2.75, 3.05) is 0 Å². The minimum Gasteiger partial charge on any atom is -0.200 e. The molecular weight excluding hydrogens is 344 g/mol. The molecule has 5 heteroatoms. The van der Waals surface area contributed by atoms with Gasteiger partial charge in [-0.25, -0.2) is 0 Å². The lowest BCUT2D eigenvalue weighted by Gasteiger charge is -2.13. The zero-order valence-corrected chi connectivity index (χ0v) is 15.8. The summed E-state index contributed by atoms with van der Waals surface area (Å²) in [5.74, 6) is 0. The lowest BCUT2D eigenvalue weighted by atomic mass is 9.96. The van der Waals surface area contributed by atoms with Crippen LogP contribution in [0, 0.1) is 13.8 Å². The van der Waals surface area contributed by atoms with Crippen LogP contribution in [0.2, 0.25) is 0 Å². The van der Waals surface area contributed by atoms with Crippen molar-refractivity contribution in [2.45, 2.75) is 31.6 Å². The van der Waals surface area contributed by atoms with E-state index >= 15 is 0 Å². The Morgan fingerprint density at radius 1 is 1.04 bits per heavy atom. The zero-order valence-electron chi connectivity index (χ0n) is 14.9. The molecule has 0 spiro atoms. The average molecular weight is 366 g/mol. The maximum atomic E-state index is 12.4. The third-order valence-electron chi connectivity index (χ3n) is 4.31. The lowest BCUT2D eigenvalue weighted by Crippen LogP contribution is -2.21. The largest absolute Gasteiger partial charge is 0.276 e. The summed E-state index contributed by atoms with van der Waals surface area (Å²) in [6.07, 6.45) is 7.66.